The first kappa shape index (κ1) is 15.7. The zero-order valence-corrected chi connectivity index (χ0v) is 13.6. The maximum atomic E-state index is 12.1. The molecule has 2 atom stereocenters. The van der Waals surface area contributed by atoms with Gasteiger partial charge in [0.2, 0.25) is 0 Å². The van der Waals surface area contributed by atoms with Gasteiger partial charge in [-0.2, -0.15) is 0 Å². The van der Waals surface area contributed by atoms with Crippen molar-refractivity contribution in [1.29, 1.82) is 0 Å². The molecule has 0 bridgehead atoms. The second-order valence-electron chi connectivity index (χ2n) is 6.60. The molecule has 5 heteroatoms. The third kappa shape index (κ3) is 2.76. The van der Waals surface area contributed by atoms with E-state index in [0.717, 1.165) is 11.1 Å². The van der Waals surface area contributed by atoms with Crippen LogP contribution >= 0.6 is 0 Å². The lowest BCUT2D eigenvalue weighted by Crippen LogP contribution is -2.50. The van der Waals surface area contributed by atoms with Gasteiger partial charge in [0.25, 0.3) is 0 Å². The lowest BCUT2D eigenvalue weighted by Gasteiger charge is -2.33. The smallest absolute Gasteiger partial charge is 0.407 e. The van der Waals surface area contributed by atoms with Crippen molar-refractivity contribution in [1.82, 2.24) is 5.32 Å². The predicted octanol–water partition coefficient (Wildman–Crippen LogP) is 3.39. The summed E-state index contributed by atoms with van der Waals surface area (Å²) < 4.78 is 5.43. The van der Waals surface area contributed by atoms with Crippen molar-refractivity contribution in [3.8, 4) is 11.1 Å². The molecule has 4 rings (SSSR count). The van der Waals surface area contributed by atoms with Crippen molar-refractivity contribution in [2.45, 2.75) is 24.8 Å². The molecule has 1 saturated carbocycles. The molecule has 0 spiro atoms. The molecule has 0 aliphatic heterocycles. The van der Waals surface area contributed by atoms with Gasteiger partial charge in [-0.15, -0.1) is 0 Å². The zero-order chi connectivity index (χ0) is 17.4. The van der Waals surface area contributed by atoms with Gasteiger partial charge < -0.3 is 15.2 Å². The number of aliphatic carboxylic acids is 1. The highest BCUT2D eigenvalue weighted by Crippen LogP contribution is 2.44. The minimum absolute atomic E-state index is 0.00908. The number of alkyl carbamates (subject to hydrolysis) is 1. The molecule has 2 aliphatic rings. The highest BCUT2D eigenvalue weighted by molar-refractivity contribution is 5.79. The maximum Gasteiger partial charge on any atom is 0.407 e. The van der Waals surface area contributed by atoms with E-state index in [1.807, 2.05) is 24.3 Å². The summed E-state index contributed by atoms with van der Waals surface area (Å²) in [5.74, 6) is -1.36. The Bertz CT molecular complexity index is 786. The summed E-state index contributed by atoms with van der Waals surface area (Å²) in [6.45, 7) is 0.240. The monoisotopic (exact) mass is 337 g/mol. The lowest BCUT2D eigenvalue weighted by atomic mass is 9.80. The zero-order valence-electron chi connectivity index (χ0n) is 13.6. The Morgan fingerprint density at radius 3 is 2.12 bits per heavy atom. The molecule has 2 aromatic rings. The number of carbonyl (C=O) groups excluding carboxylic acids is 1. The third-order valence-corrected chi connectivity index (χ3v) is 5.24. The summed E-state index contributed by atoms with van der Waals surface area (Å²) in [4.78, 5) is 23.1. The first-order valence-electron chi connectivity index (χ1n) is 8.49. The molecule has 0 saturated heterocycles. The Balaban J connectivity index is 1.45. The topological polar surface area (TPSA) is 75.6 Å². The van der Waals surface area contributed by atoms with Crippen molar-refractivity contribution in [2.24, 2.45) is 5.92 Å². The van der Waals surface area contributed by atoms with E-state index >= 15 is 0 Å². The summed E-state index contributed by atoms with van der Waals surface area (Å²) in [6, 6.07) is 16.0. The van der Waals surface area contributed by atoms with Gasteiger partial charge in [0.1, 0.15) is 6.61 Å². The van der Waals surface area contributed by atoms with Crippen molar-refractivity contribution >= 4 is 12.1 Å². The number of fused-ring (bicyclic) bond motifs is 3. The second kappa shape index (κ2) is 6.24. The molecule has 128 valence electrons. The van der Waals surface area contributed by atoms with Gasteiger partial charge in [-0.05, 0) is 35.1 Å². The van der Waals surface area contributed by atoms with Crippen molar-refractivity contribution in [3.63, 3.8) is 0 Å². The normalized spacial score (nSPS) is 21.0. The summed E-state index contributed by atoms with van der Waals surface area (Å²) in [5.41, 5.74) is 4.67. The fourth-order valence-electron chi connectivity index (χ4n) is 3.76. The minimum Gasteiger partial charge on any atom is -0.481 e. The summed E-state index contributed by atoms with van der Waals surface area (Å²) >= 11 is 0. The van der Waals surface area contributed by atoms with Crippen LogP contribution in [0.4, 0.5) is 4.79 Å². The van der Waals surface area contributed by atoms with Gasteiger partial charge in [0, 0.05) is 12.0 Å². The standard InChI is InChI=1S/C20H19NO4/c22-19(23)16-9-10-18(16)21-20(24)25-11-17-14-7-3-1-5-12(14)13-6-2-4-8-15(13)17/h1-8,16-18H,9-11H2,(H,21,24)(H,22,23)/t16-,18+/m1/s1. The Morgan fingerprint density at radius 2 is 1.60 bits per heavy atom. The SMILES string of the molecule is O=C(N[C@H]1CC[C@H]1C(=O)O)OCC1c2ccccc2-c2ccccc21. The molecule has 2 N–H and O–H groups in total. The van der Waals surface area contributed by atoms with Gasteiger partial charge in [0.05, 0.1) is 5.92 Å². The van der Waals surface area contributed by atoms with Crippen molar-refractivity contribution < 1.29 is 19.4 Å². The largest absolute Gasteiger partial charge is 0.481 e. The van der Waals surface area contributed by atoms with Crippen LogP contribution in [-0.4, -0.2) is 29.8 Å². The van der Waals surface area contributed by atoms with Gasteiger partial charge in [-0.3, -0.25) is 4.79 Å². The predicted molar refractivity (Wildman–Crippen MR) is 92.4 cm³/mol. The van der Waals surface area contributed by atoms with E-state index in [1.54, 1.807) is 0 Å². The number of amides is 1. The number of carbonyl (C=O) groups is 2. The molecule has 0 radical (unpaired) electrons. The minimum atomic E-state index is -0.866. The Labute approximate surface area is 145 Å². The molecule has 1 fully saturated rings. The maximum absolute atomic E-state index is 12.1. The van der Waals surface area contributed by atoms with Gasteiger partial charge in [-0.1, -0.05) is 48.5 Å². The van der Waals surface area contributed by atoms with Crippen LogP contribution in [-0.2, 0) is 9.53 Å². The Kier molecular flexibility index (Phi) is 3.92. The van der Waals surface area contributed by atoms with Crippen LogP contribution in [0.5, 0.6) is 0 Å². The number of rotatable bonds is 4. The average Bonchev–Trinajstić information content (AvgIpc) is 2.90. The van der Waals surface area contributed by atoms with E-state index < -0.39 is 18.0 Å². The van der Waals surface area contributed by atoms with E-state index in [4.69, 9.17) is 9.84 Å². The molecule has 0 aromatic heterocycles. The van der Waals surface area contributed by atoms with Crippen LogP contribution in [0.1, 0.15) is 29.9 Å². The molecule has 1 amide bonds. The number of carboxylic acid groups (broad SMARTS) is 1. The Hall–Kier alpha value is -2.82. The number of hydrogen-bond donors (Lipinski definition) is 2. The number of nitrogens with one attached hydrogen (secondary N) is 1. The quantitative estimate of drug-likeness (QED) is 0.897. The van der Waals surface area contributed by atoms with E-state index in [9.17, 15) is 9.59 Å². The first-order valence-corrected chi connectivity index (χ1v) is 8.49. The van der Waals surface area contributed by atoms with Gasteiger partial charge >= 0.3 is 12.1 Å². The summed E-state index contributed by atoms with van der Waals surface area (Å²) in [7, 11) is 0. The van der Waals surface area contributed by atoms with Gasteiger partial charge in [-0.25, -0.2) is 4.79 Å². The number of ether oxygens (including phenoxy) is 1. The first-order chi connectivity index (χ1) is 12.1. The molecular formula is C20H19NO4. The second-order valence-corrected chi connectivity index (χ2v) is 6.60. The molecule has 5 nitrogen and oxygen atoms in total. The highest BCUT2D eigenvalue weighted by Gasteiger charge is 2.38. The fraction of sp³-hybridized carbons (Fsp3) is 0.300. The lowest BCUT2D eigenvalue weighted by molar-refractivity contribution is -0.145. The molecule has 25 heavy (non-hydrogen) atoms. The van der Waals surface area contributed by atoms with Crippen LogP contribution in [0.15, 0.2) is 48.5 Å². The van der Waals surface area contributed by atoms with Crippen LogP contribution < -0.4 is 5.32 Å². The molecule has 2 aromatic carbocycles. The molecule has 2 aliphatic carbocycles. The third-order valence-electron chi connectivity index (χ3n) is 5.24. The van der Waals surface area contributed by atoms with Gasteiger partial charge in [0.15, 0.2) is 0 Å². The number of carboxylic acids is 1. The van der Waals surface area contributed by atoms with E-state index in [0.29, 0.717) is 12.8 Å². The van der Waals surface area contributed by atoms with Crippen LogP contribution in [0, 0.1) is 5.92 Å². The van der Waals surface area contributed by atoms with Crippen molar-refractivity contribution in [3.05, 3.63) is 59.7 Å². The van der Waals surface area contributed by atoms with Crippen LogP contribution in [0.3, 0.4) is 0 Å². The van der Waals surface area contributed by atoms with E-state index in [-0.39, 0.29) is 18.6 Å². The van der Waals surface area contributed by atoms with Crippen LogP contribution in [0.2, 0.25) is 0 Å². The average molecular weight is 337 g/mol. The fourth-order valence-corrected chi connectivity index (χ4v) is 3.76. The molecule has 0 heterocycles. The summed E-state index contributed by atoms with van der Waals surface area (Å²) in [6.07, 6.45) is 0.739. The van der Waals surface area contributed by atoms with E-state index in [1.165, 1.54) is 11.1 Å². The number of hydrogen-bond acceptors (Lipinski definition) is 3. The van der Waals surface area contributed by atoms with Crippen molar-refractivity contribution in [2.75, 3.05) is 6.61 Å². The molecular weight excluding hydrogens is 318 g/mol. The summed E-state index contributed by atoms with van der Waals surface area (Å²) in [5, 5.41) is 11.7. The Morgan fingerprint density at radius 1 is 1.00 bits per heavy atom. The highest BCUT2D eigenvalue weighted by atomic mass is 16.5. The van der Waals surface area contributed by atoms with E-state index in [2.05, 4.69) is 29.6 Å². The number of benzene rings is 2. The van der Waals surface area contributed by atoms with Crippen LogP contribution in [0.25, 0.3) is 11.1 Å². The molecule has 0 unspecified atom stereocenters.